The molecule has 0 spiro atoms. The molecular weight excluding hydrogens is 244 g/mol. The summed E-state index contributed by atoms with van der Waals surface area (Å²) in [5, 5.41) is 14.3. The molecule has 1 saturated carbocycles. The zero-order chi connectivity index (χ0) is 13.8. The summed E-state index contributed by atoms with van der Waals surface area (Å²) in [6, 6.07) is 5.07. The first-order valence-electron chi connectivity index (χ1n) is 6.59. The number of hydrazine groups is 1. The lowest BCUT2D eigenvalue weighted by Gasteiger charge is -2.13. The molecule has 0 aliphatic heterocycles. The van der Waals surface area contributed by atoms with Gasteiger partial charge in [-0.3, -0.25) is 16.0 Å². The van der Waals surface area contributed by atoms with E-state index in [0.29, 0.717) is 17.3 Å². The number of nitro groups is 1. The highest BCUT2D eigenvalue weighted by atomic mass is 16.6. The fraction of sp³-hybridized carbons (Fsp3) is 0.538. The quantitative estimate of drug-likeness (QED) is 0.432. The van der Waals surface area contributed by atoms with Crippen LogP contribution < -0.4 is 16.6 Å². The number of rotatable bonds is 5. The van der Waals surface area contributed by atoms with Crippen molar-refractivity contribution in [1.82, 2.24) is 0 Å². The molecule has 1 fully saturated rings. The van der Waals surface area contributed by atoms with Crippen LogP contribution in [0.5, 0.6) is 0 Å². The number of nitrogens with one attached hydrogen (secondary N) is 2. The largest absolute Gasteiger partial charge is 0.379 e. The van der Waals surface area contributed by atoms with Gasteiger partial charge in [-0.2, -0.15) is 0 Å². The third-order valence-electron chi connectivity index (χ3n) is 3.76. The van der Waals surface area contributed by atoms with Crippen LogP contribution in [0.3, 0.4) is 0 Å². The first-order valence-corrected chi connectivity index (χ1v) is 6.59. The first-order chi connectivity index (χ1) is 9.11. The molecule has 2 atom stereocenters. The van der Waals surface area contributed by atoms with Crippen LogP contribution >= 0.6 is 0 Å². The number of hydrogen-bond donors (Lipinski definition) is 3. The maximum Gasteiger partial charge on any atom is 0.316 e. The van der Waals surface area contributed by atoms with Gasteiger partial charge >= 0.3 is 5.69 Å². The lowest BCUT2D eigenvalue weighted by molar-refractivity contribution is -0.383. The van der Waals surface area contributed by atoms with Crippen molar-refractivity contribution in [3.05, 3.63) is 28.3 Å². The van der Waals surface area contributed by atoms with Crippen LogP contribution in [0.4, 0.5) is 17.1 Å². The summed E-state index contributed by atoms with van der Waals surface area (Å²) >= 11 is 0. The van der Waals surface area contributed by atoms with Gasteiger partial charge < -0.3 is 10.7 Å². The van der Waals surface area contributed by atoms with E-state index in [1.165, 1.54) is 19.3 Å². The molecule has 104 valence electrons. The Morgan fingerprint density at radius 2 is 2.16 bits per heavy atom. The maximum absolute atomic E-state index is 11.1. The van der Waals surface area contributed by atoms with Crippen LogP contribution in [0.15, 0.2) is 18.2 Å². The number of benzene rings is 1. The van der Waals surface area contributed by atoms with E-state index in [1.807, 2.05) is 0 Å². The lowest BCUT2D eigenvalue weighted by Crippen LogP contribution is -2.14. The van der Waals surface area contributed by atoms with Crippen molar-refractivity contribution < 1.29 is 4.92 Å². The van der Waals surface area contributed by atoms with Gasteiger partial charge in [-0.15, -0.1) is 0 Å². The average Bonchev–Trinajstić information content (AvgIpc) is 2.81. The smallest absolute Gasteiger partial charge is 0.316 e. The fourth-order valence-electron chi connectivity index (χ4n) is 2.76. The molecule has 6 heteroatoms. The lowest BCUT2D eigenvalue weighted by atomic mass is 10.1. The van der Waals surface area contributed by atoms with Crippen molar-refractivity contribution in [1.29, 1.82) is 0 Å². The third-order valence-corrected chi connectivity index (χ3v) is 3.76. The maximum atomic E-state index is 11.1. The Morgan fingerprint density at radius 3 is 2.74 bits per heavy atom. The Labute approximate surface area is 112 Å². The summed E-state index contributed by atoms with van der Waals surface area (Å²) in [7, 11) is 0. The van der Waals surface area contributed by atoms with E-state index < -0.39 is 4.92 Å². The molecule has 4 N–H and O–H groups in total. The monoisotopic (exact) mass is 264 g/mol. The molecular formula is C13H20N4O2. The zero-order valence-corrected chi connectivity index (χ0v) is 11.1. The zero-order valence-electron chi connectivity index (χ0n) is 11.1. The third kappa shape index (κ3) is 3.14. The molecule has 1 aliphatic rings. The number of nitro benzene ring substituents is 1. The van der Waals surface area contributed by atoms with E-state index in [1.54, 1.807) is 18.2 Å². The van der Waals surface area contributed by atoms with Crippen molar-refractivity contribution in [3.8, 4) is 0 Å². The summed E-state index contributed by atoms with van der Waals surface area (Å²) in [5.74, 6) is 6.68. The molecule has 1 aliphatic carbocycles. The van der Waals surface area contributed by atoms with E-state index in [9.17, 15) is 10.1 Å². The van der Waals surface area contributed by atoms with E-state index in [4.69, 9.17) is 5.84 Å². The molecule has 0 amide bonds. The number of para-hydroxylation sites is 1. The van der Waals surface area contributed by atoms with Crippen LogP contribution in [0.1, 0.15) is 26.2 Å². The molecule has 0 heterocycles. The van der Waals surface area contributed by atoms with Gasteiger partial charge in [0.2, 0.25) is 0 Å². The molecule has 2 unspecified atom stereocenters. The second-order valence-corrected chi connectivity index (χ2v) is 5.27. The van der Waals surface area contributed by atoms with Gasteiger partial charge in [-0.05, 0) is 36.8 Å². The van der Waals surface area contributed by atoms with Crippen molar-refractivity contribution in [2.75, 3.05) is 17.3 Å². The summed E-state index contributed by atoms with van der Waals surface area (Å²) in [5.41, 5.74) is 3.24. The van der Waals surface area contributed by atoms with Crippen LogP contribution in [0.25, 0.3) is 0 Å². The van der Waals surface area contributed by atoms with Gasteiger partial charge in [-0.25, -0.2) is 0 Å². The Morgan fingerprint density at radius 1 is 1.42 bits per heavy atom. The minimum absolute atomic E-state index is 0.0102. The molecule has 0 saturated heterocycles. The van der Waals surface area contributed by atoms with E-state index in [0.717, 1.165) is 12.5 Å². The highest BCUT2D eigenvalue weighted by Gasteiger charge is 2.23. The Bertz CT molecular complexity index is 464. The second kappa shape index (κ2) is 5.88. The molecule has 1 aromatic rings. The number of hydrogen-bond acceptors (Lipinski definition) is 5. The van der Waals surface area contributed by atoms with E-state index >= 15 is 0 Å². The Hall–Kier alpha value is -1.82. The minimum Gasteiger partial charge on any atom is -0.379 e. The van der Waals surface area contributed by atoms with Gasteiger partial charge in [0.1, 0.15) is 11.4 Å². The number of nitrogen functional groups attached to an aromatic ring is 1. The molecule has 2 rings (SSSR count). The van der Waals surface area contributed by atoms with Crippen LogP contribution in [0.2, 0.25) is 0 Å². The van der Waals surface area contributed by atoms with Gasteiger partial charge in [0.15, 0.2) is 0 Å². The fourth-order valence-corrected chi connectivity index (χ4v) is 2.76. The van der Waals surface area contributed by atoms with Gasteiger partial charge in [0.25, 0.3) is 0 Å². The molecule has 0 radical (unpaired) electrons. The van der Waals surface area contributed by atoms with Crippen molar-refractivity contribution in [2.45, 2.75) is 26.2 Å². The van der Waals surface area contributed by atoms with Crippen molar-refractivity contribution >= 4 is 17.1 Å². The van der Waals surface area contributed by atoms with Gasteiger partial charge in [0.05, 0.1) is 4.92 Å². The summed E-state index contributed by atoms with van der Waals surface area (Å²) in [6.07, 6.45) is 3.63. The average molecular weight is 264 g/mol. The topological polar surface area (TPSA) is 93.2 Å². The van der Waals surface area contributed by atoms with Crippen LogP contribution in [-0.2, 0) is 0 Å². The Kier molecular flexibility index (Phi) is 4.21. The predicted octanol–water partition coefficient (Wildman–Crippen LogP) is 2.73. The Balaban J connectivity index is 2.09. The highest BCUT2D eigenvalue weighted by Crippen LogP contribution is 2.34. The van der Waals surface area contributed by atoms with Crippen LogP contribution in [0, 0.1) is 22.0 Å². The van der Waals surface area contributed by atoms with Gasteiger partial charge in [0, 0.05) is 6.54 Å². The molecule has 0 aromatic heterocycles. The van der Waals surface area contributed by atoms with Crippen molar-refractivity contribution in [3.63, 3.8) is 0 Å². The van der Waals surface area contributed by atoms with E-state index in [-0.39, 0.29) is 5.69 Å². The van der Waals surface area contributed by atoms with Crippen LogP contribution in [-0.4, -0.2) is 11.5 Å². The molecule has 19 heavy (non-hydrogen) atoms. The number of nitrogens with zero attached hydrogens (tertiary/aromatic N) is 1. The standard InChI is InChI=1S/C13H20N4O2/c1-9-5-6-10(7-9)8-15-11-3-2-4-12(16-14)13(11)17(18)19/h2-4,9-10,15-16H,5-8,14H2,1H3. The second-order valence-electron chi connectivity index (χ2n) is 5.27. The first kappa shape index (κ1) is 13.6. The SMILES string of the molecule is CC1CCC(CNc2cccc(NN)c2[N+](=O)[O-])C1. The molecule has 1 aromatic carbocycles. The predicted molar refractivity (Wildman–Crippen MR) is 75.9 cm³/mol. The summed E-state index contributed by atoms with van der Waals surface area (Å²) in [6.45, 7) is 3.03. The minimum atomic E-state index is -0.408. The summed E-state index contributed by atoms with van der Waals surface area (Å²) < 4.78 is 0. The summed E-state index contributed by atoms with van der Waals surface area (Å²) in [4.78, 5) is 10.7. The molecule has 6 nitrogen and oxygen atoms in total. The number of anilines is 2. The molecule has 0 bridgehead atoms. The van der Waals surface area contributed by atoms with E-state index in [2.05, 4.69) is 17.7 Å². The number of nitrogens with two attached hydrogens (primary N) is 1. The van der Waals surface area contributed by atoms with Crippen molar-refractivity contribution in [2.24, 2.45) is 17.7 Å². The van der Waals surface area contributed by atoms with Gasteiger partial charge in [-0.1, -0.05) is 19.4 Å². The normalized spacial score (nSPS) is 22.2. The highest BCUT2D eigenvalue weighted by molar-refractivity contribution is 5.75.